The Bertz CT molecular complexity index is 777. The summed E-state index contributed by atoms with van der Waals surface area (Å²) in [4.78, 5) is 24.4. The van der Waals surface area contributed by atoms with E-state index in [0.29, 0.717) is 17.9 Å². The van der Waals surface area contributed by atoms with Crippen molar-refractivity contribution < 1.29 is 4.79 Å². The van der Waals surface area contributed by atoms with Gasteiger partial charge in [0.1, 0.15) is 0 Å². The molecule has 3 aromatic rings. The van der Waals surface area contributed by atoms with Crippen molar-refractivity contribution in [1.82, 2.24) is 15.0 Å². The molecule has 0 bridgehead atoms. The number of benzene rings is 1. The van der Waals surface area contributed by atoms with Gasteiger partial charge in [0.15, 0.2) is 5.82 Å². The van der Waals surface area contributed by atoms with Gasteiger partial charge < -0.3 is 10.6 Å². The molecule has 6 heteroatoms. The van der Waals surface area contributed by atoms with E-state index < -0.39 is 0 Å². The number of pyridine rings is 1. The van der Waals surface area contributed by atoms with Crippen molar-refractivity contribution in [3.05, 3.63) is 78.5 Å². The van der Waals surface area contributed by atoms with Gasteiger partial charge >= 0.3 is 0 Å². The summed E-state index contributed by atoms with van der Waals surface area (Å²) in [6.45, 7) is 0.609. The maximum atomic E-state index is 12.4. The van der Waals surface area contributed by atoms with E-state index >= 15 is 0 Å². The smallest absolute Gasteiger partial charge is 0.258 e. The largest absolute Gasteiger partial charge is 0.380 e. The second kappa shape index (κ2) is 7.13. The molecule has 0 aliphatic heterocycles. The topological polar surface area (TPSA) is 79.8 Å². The lowest BCUT2D eigenvalue weighted by atomic mass is 10.1. The van der Waals surface area contributed by atoms with Crippen LogP contribution < -0.4 is 10.6 Å². The van der Waals surface area contributed by atoms with E-state index in [0.717, 1.165) is 11.3 Å². The van der Waals surface area contributed by atoms with Crippen molar-refractivity contribution in [1.29, 1.82) is 0 Å². The van der Waals surface area contributed by atoms with Crippen LogP contribution in [0.25, 0.3) is 0 Å². The molecule has 0 aliphatic rings. The first-order valence-corrected chi connectivity index (χ1v) is 7.12. The summed E-state index contributed by atoms with van der Waals surface area (Å²) in [6.07, 6.45) is 8.07. The lowest BCUT2D eigenvalue weighted by Crippen LogP contribution is -2.15. The molecular weight excluding hydrogens is 290 g/mol. The van der Waals surface area contributed by atoms with E-state index in [9.17, 15) is 4.79 Å². The molecule has 0 radical (unpaired) electrons. The first-order valence-electron chi connectivity index (χ1n) is 7.12. The summed E-state index contributed by atoms with van der Waals surface area (Å²) in [7, 11) is 0. The molecule has 6 nitrogen and oxygen atoms in total. The fourth-order valence-corrected chi connectivity index (χ4v) is 2.08. The third kappa shape index (κ3) is 3.88. The molecule has 2 heterocycles. The molecule has 114 valence electrons. The molecule has 2 N–H and O–H groups in total. The Balaban J connectivity index is 1.73. The average Bonchev–Trinajstić information content (AvgIpc) is 2.62. The SMILES string of the molecule is O=C(Nc1cnccn1)c1ccccc1NCc1ccncc1. The molecule has 0 fully saturated rings. The Morgan fingerprint density at radius 1 is 0.957 bits per heavy atom. The summed E-state index contributed by atoms with van der Waals surface area (Å²) in [5.41, 5.74) is 2.39. The van der Waals surface area contributed by atoms with E-state index in [4.69, 9.17) is 0 Å². The second-order valence-corrected chi connectivity index (χ2v) is 4.80. The molecule has 0 saturated carbocycles. The van der Waals surface area contributed by atoms with Gasteiger partial charge in [0.25, 0.3) is 5.91 Å². The minimum atomic E-state index is -0.233. The molecule has 23 heavy (non-hydrogen) atoms. The van der Waals surface area contributed by atoms with Crippen molar-refractivity contribution in [3.8, 4) is 0 Å². The van der Waals surface area contributed by atoms with Crippen LogP contribution in [0.5, 0.6) is 0 Å². The van der Waals surface area contributed by atoms with Crippen LogP contribution in [0.15, 0.2) is 67.4 Å². The van der Waals surface area contributed by atoms with Gasteiger partial charge in [-0.1, -0.05) is 12.1 Å². The zero-order valence-corrected chi connectivity index (χ0v) is 12.3. The van der Waals surface area contributed by atoms with Gasteiger partial charge in [-0.3, -0.25) is 14.8 Å². The van der Waals surface area contributed by atoms with E-state index in [-0.39, 0.29) is 5.91 Å². The highest BCUT2D eigenvalue weighted by molar-refractivity contribution is 6.07. The Morgan fingerprint density at radius 2 is 1.78 bits per heavy atom. The lowest BCUT2D eigenvalue weighted by molar-refractivity contribution is 0.102. The van der Waals surface area contributed by atoms with E-state index in [2.05, 4.69) is 25.6 Å². The van der Waals surface area contributed by atoms with Gasteiger partial charge in [0, 0.05) is 37.0 Å². The summed E-state index contributed by atoms with van der Waals surface area (Å²) >= 11 is 0. The van der Waals surface area contributed by atoms with Crippen LogP contribution in [-0.4, -0.2) is 20.9 Å². The van der Waals surface area contributed by atoms with Crippen molar-refractivity contribution >= 4 is 17.4 Å². The van der Waals surface area contributed by atoms with E-state index in [1.807, 2.05) is 30.3 Å². The second-order valence-electron chi connectivity index (χ2n) is 4.80. The van der Waals surface area contributed by atoms with E-state index in [1.54, 1.807) is 24.7 Å². The first kappa shape index (κ1) is 14.6. The van der Waals surface area contributed by atoms with Crippen LogP contribution in [-0.2, 0) is 6.54 Å². The zero-order valence-electron chi connectivity index (χ0n) is 12.3. The van der Waals surface area contributed by atoms with Crippen LogP contribution in [0.3, 0.4) is 0 Å². The molecule has 0 atom stereocenters. The van der Waals surface area contributed by atoms with Crippen molar-refractivity contribution in [3.63, 3.8) is 0 Å². The number of hydrogen-bond donors (Lipinski definition) is 2. The van der Waals surface area contributed by atoms with E-state index in [1.165, 1.54) is 12.4 Å². The fraction of sp³-hybridized carbons (Fsp3) is 0.0588. The Morgan fingerprint density at radius 3 is 2.57 bits per heavy atom. The number of nitrogens with zero attached hydrogens (tertiary/aromatic N) is 3. The fourth-order valence-electron chi connectivity index (χ4n) is 2.08. The standard InChI is InChI=1S/C17H15N5O/c23-17(22-16-12-19-9-10-20-16)14-3-1-2-4-15(14)21-11-13-5-7-18-8-6-13/h1-10,12,21H,11H2,(H,20,22,23). The number of aromatic nitrogens is 3. The zero-order chi connectivity index (χ0) is 15.9. The molecule has 1 amide bonds. The molecule has 1 aromatic carbocycles. The van der Waals surface area contributed by atoms with Crippen LogP contribution in [0.2, 0.25) is 0 Å². The number of para-hydroxylation sites is 1. The Labute approximate surface area is 133 Å². The predicted octanol–water partition coefficient (Wildman–Crippen LogP) is 2.74. The van der Waals surface area contributed by atoms with Crippen LogP contribution >= 0.6 is 0 Å². The number of anilines is 2. The molecule has 0 spiro atoms. The van der Waals surface area contributed by atoms with Gasteiger partial charge in [-0.2, -0.15) is 0 Å². The maximum absolute atomic E-state index is 12.4. The highest BCUT2D eigenvalue weighted by atomic mass is 16.1. The molecule has 0 unspecified atom stereocenters. The van der Waals surface area contributed by atoms with Gasteiger partial charge in [-0.25, -0.2) is 4.98 Å². The third-order valence-corrected chi connectivity index (χ3v) is 3.21. The highest BCUT2D eigenvalue weighted by Gasteiger charge is 2.11. The van der Waals surface area contributed by atoms with Crippen molar-refractivity contribution in [2.75, 3.05) is 10.6 Å². The predicted molar refractivity (Wildman–Crippen MR) is 88.0 cm³/mol. The van der Waals surface area contributed by atoms with Crippen molar-refractivity contribution in [2.24, 2.45) is 0 Å². The lowest BCUT2D eigenvalue weighted by Gasteiger charge is -2.12. The number of rotatable bonds is 5. The minimum Gasteiger partial charge on any atom is -0.380 e. The van der Waals surface area contributed by atoms with Crippen LogP contribution in [0, 0.1) is 0 Å². The normalized spacial score (nSPS) is 10.1. The number of carbonyl (C=O) groups excluding carboxylic acids is 1. The minimum absolute atomic E-state index is 0.233. The first-order chi connectivity index (χ1) is 11.3. The van der Waals surface area contributed by atoms with Gasteiger partial charge in [-0.15, -0.1) is 0 Å². The number of hydrogen-bond acceptors (Lipinski definition) is 5. The quantitative estimate of drug-likeness (QED) is 0.757. The summed E-state index contributed by atoms with van der Waals surface area (Å²) < 4.78 is 0. The Hall–Kier alpha value is -3.28. The highest BCUT2D eigenvalue weighted by Crippen LogP contribution is 2.17. The average molecular weight is 305 g/mol. The molecule has 0 aliphatic carbocycles. The Kier molecular flexibility index (Phi) is 4.54. The molecule has 0 saturated heterocycles. The maximum Gasteiger partial charge on any atom is 0.258 e. The van der Waals surface area contributed by atoms with Crippen LogP contribution in [0.4, 0.5) is 11.5 Å². The van der Waals surface area contributed by atoms with Gasteiger partial charge in [-0.05, 0) is 29.8 Å². The molecular formula is C17H15N5O. The van der Waals surface area contributed by atoms with Crippen molar-refractivity contribution in [2.45, 2.75) is 6.54 Å². The number of carbonyl (C=O) groups is 1. The summed E-state index contributed by atoms with van der Waals surface area (Å²) in [5.74, 6) is 0.185. The van der Waals surface area contributed by atoms with Gasteiger partial charge in [0.2, 0.25) is 0 Å². The molecule has 3 rings (SSSR count). The number of amides is 1. The monoisotopic (exact) mass is 305 g/mol. The molecule has 2 aromatic heterocycles. The summed E-state index contributed by atoms with van der Waals surface area (Å²) in [5, 5.41) is 6.01. The van der Waals surface area contributed by atoms with Crippen LogP contribution in [0.1, 0.15) is 15.9 Å². The van der Waals surface area contributed by atoms with Gasteiger partial charge in [0.05, 0.1) is 11.8 Å². The number of nitrogens with one attached hydrogen (secondary N) is 2. The third-order valence-electron chi connectivity index (χ3n) is 3.21. The summed E-state index contributed by atoms with van der Waals surface area (Å²) in [6, 6.07) is 11.2.